The van der Waals surface area contributed by atoms with Crippen LogP contribution in [0.25, 0.3) is 20.5 Å². The molecule has 0 saturated heterocycles. The first kappa shape index (κ1) is 8.04. The van der Waals surface area contributed by atoms with Gasteiger partial charge in [-0.3, -0.25) is 0 Å². The van der Waals surface area contributed by atoms with Crippen LogP contribution in [-0.4, -0.2) is 4.37 Å². The van der Waals surface area contributed by atoms with Crippen molar-refractivity contribution in [3.63, 3.8) is 0 Å². The van der Waals surface area contributed by atoms with Gasteiger partial charge in [0.1, 0.15) is 0 Å². The predicted molar refractivity (Wildman–Crippen MR) is 52.5 cm³/mol. The Labute approximate surface area is 78.6 Å². The van der Waals surface area contributed by atoms with Gasteiger partial charge in [0.05, 0.1) is 16.9 Å². The lowest BCUT2D eigenvalue weighted by Crippen LogP contribution is -1.78. The van der Waals surface area contributed by atoms with E-state index in [1.807, 2.05) is 24.3 Å². The van der Waals surface area contributed by atoms with Gasteiger partial charge in [-0.25, -0.2) is 0 Å². The Balaban J connectivity index is 2.51. The highest BCUT2D eigenvalue weighted by atomic mass is 32.1. The summed E-state index contributed by atoms with van der Waals surface area (Å²) >= 11 is 1.43. The fourth-order valence-corrected chi connectivity index (χ4v) is 1.94. The molecule has 4 nitrogen and oxygen atoms in total. The summed E-state index contributed by atoms with van der Waals surface area (Å²) in [5, 5.41) is 4.57. The van der Waals surface area contributed by atoms with Gasteiger partial charge in [-0.2, -0.15) is 4.37 Å². The van der Waals surface area contributed by atoms with E-state index in [1.165, 1.54) is 11.5 Å². The molecule has 0 fully saturated rings. The number of hydrogen-bond acceptors (Lipinski definition) is 3. The minimum Gasteiger partial charge on any atom is -0.196 e. The summed E-state index contributed by atoms with van der Waals surface area (Å²) in [6.45, 7) is 0.334. The lowest BCUT2D eigenvalue weighted by atomic mass is 10.2. The SMILES string of the molecule is [N-]=[N+]=NCc1nsc2ccccc12. The quantitative estimate of drug-likeness (QED) is 0.407. The Morgan fingerprint density at radius 3 is 3.15 bits per heavy atom. The molecular formula is C8H6N4S. The van der Waals surface area contributed by atoms with Crippen molar-refractivity contribution < 1.29 is 0 Å². The van der Waals surface area contributed by atoms with E-state index in [9.17, 15) is 0 Å². The van der Waals surface area contributed by atoms with E-state index in [4.69, 9.17) is 5.53 Å². The normalized spacial score (nSPS) is 9.85. The maximum atomic E-state index is 8.17. The first-order valence-electron chi connectivity index (χ1n) is 3.76. The van der Waals surface area contributed by atoms with Crippen molar-refractivity contribution in [2.75, 3.05) is 0 Å². The van der Waals surface area contributed by atoms with Crippen molar-refractivity contribution in [2.45, 2.75) is 6.54 Å². The lowest BCUT2D eigenvalue weighted by molar-refractivity contribution is 1.02. The molecule has 1 aromatic heterocycles. The van der Waals surface area contributed by atoms with Gasteiger partial charge >= 0.3 is 0 Å². The van der Waals surface area contributed by atoms with Gasteiger partial charge < -0.3 is 0 Å². The van der Waals surface area contributed by atoms with Crippen LogP contribution in [0.3, 0.4) is 0 Å². The highest BCUT2D eigenvalue weighted by Crippen LogP contribution is 2.22. The minimum atomic E-state index is 0.334. The van der Waals surface area contributed by atoms with Crippen molar-refractivity contribution in [1.29, 1.82) is 0 Å². The second-order valence-corrected chi connectivity index (χ2v) is 3.32. The molecular weight excluding hydrogens is 184 g/mol. The maximum Gasteiger partial charge on any atom is 0.0701 e. The monoisotopic (exact) mass is 190 g/mol. The van der Waals surface area contributed by atoms with Crippen LogP contribution in [-0.2, 0) is 6.54 Å². The van der Waals surface area contributed by atoms with Crippen molar-refractivity contribution in [3.8, 4) is 0 Å². The Hall–Kier alpha value is -1.58. The van der Waals surface area contributed by atoms with E-state index in [2.05, 4.69) is 14.4 Å². The molecule has 0 radical (unpaired) electrons. The third-order valence-corrected chi connectivity index (χ3v) is 2.60. The molecule has 0 saturated carbocycles. The van der Waals surface area contributed by atoms with E-state index >= 15 is 0 Å². The number of nitrogens with zero attached hydrogens (tertiary/aromatic N) is 4. The summed E-state index contributed by atoms with van der Waals surface area (Å²) in [4.78, 5) is 2.71. The van der Waals surface area contributed by atoms with Gasteiger partial charge in [0.25, 0.3) is 0 Å². The molecule has 1 heterocycles. The molecule has 2 aromatic rings. The first-order chi connectivity index (χ1) is 6.42. The molecule has 0 spiro atoms. The van der Waals surface area contributed by atoms with E-state index in [0.29, 0.717) is 6.54 Å². The molecule has 2 rings (SSSR count). The molecule has 1 aromatic carbocycles. The standard InChI is InChI=1S/C8H6N4S/c9-12-10-5-7-6-3-1-2-4-8(6)13-11-7/h1-4H,5H2. The van der Waals surface area contributed by atoms with Crippen molar-refractivity contribution in [1.82, 2.24) is 4.37 Å². The molecule has 64 valence electrons. The van der Waals surface area contributed by atoms with Crippen LogP contribution in [0.4, 0.5) is 0 Å². The number of aromatic nitrogens is 1. The van der Waals surface area contributed by atoms with Crippen LogP contribution in [0.1, 0.15) is 5.69 Å². The molecule has 0 aliphatic rings. The van der Waals surface area contributed by atoms with Gasteiger partial charge in [-0.05, 0) is 23.1 Å². The molecule has 0 amide bonds. The van der Waals surface area contributed by atoms with Crippen LogP contribution in [0.2, 0.25) is 0 Å². The lowest BCUT2D eigenvalue weighted by Gasteiger charge is -1.89. The van der Waals surface area contributed by atoms with E-state index in [0.717, 1.165) is 15.8 Å². The number of rotatable bonds is 2. The smallest absolute Gasteiger partial charge is 0.0701 e. The largest absolute Gasteiger partial charge is 0.196 e. The topological polar surface area (TPSA) is 61.7 Å². The molecule has 5 heteroatoms. The van der Waals surface area contributed by atoms with E-state index in [1.54, 1.807) is 0 Å². The van der Waals surface area contributed by atoms with Gasteiger partial charge in [0.15, 0.2) is 0 Å². The summed E-state index contributed by atoms with van der Waals surface area (Å²) in [6, 6.07) is 7.92. The van der Waals surface area contributed by atoms with Crippen LogP contribution < -0.4 is 0 Å². The highest BCUT2D eigenvalue weighted by molar-refractivity contribution is 7.13. The average Bonchev–Trinajstić information content (AvgIpc) is 2.58. The molecule has 13 heavy (non-hydrogen) atoms. The van der Waals surface area contributed by atoms with Gasteiger partial charge in [0.2, 0.25) is 0 Å². The van der Waals surface area contributed by atoms with Crippen LogP contribution in [0.5, 0.6) is 0 Å². The second kappa shape index (κ2) is 3.43. The number of fused-ring (bicyclic) bond motifs is 1. The zero-order valence-corrected chi connectivity index (χ0v) is 7.53. The molecule has 0 unspecified atom stereocenters. The Kier molecular flexibility index (Phi) is 2.12. The zero-order valence-electron chi connectivity index (χ0n) is 6.71. The molecule has 0 bridgehead atoms. The third-order valence-electron chi connectivity index (χ3n) is 1.74. The van der Waals surface area contributed by atoms with E-state index in [-0.39, 0.29) is 0 Å². The first-order valence-corrected chi connectivity index (χ1v) is 4.53. The summed E-state index contributed by atoms with van der Waals surface area (Å²) < 4.78 is 5.34. The summed E-state index contributed by atoms with van der Waals surface area (Å²) in [6.07, 6.45) is 0. The molecule has 0 aliphatic carbocycles. The number of hydrogen-bond donors (Lipinski definition) is 0. The molecule has 0 atom stereocenters. The van der Waals surface area contributed by atoms with Gasteiger partial charge in [-0.1, -0.05) is 23.3 Å². The summed E-state index contributed by atoms with van der Waals surface area (Å²) in [5.41, 5.74) is 9.03. The third kappa shape index (κ3) is 1.47. The Morgan fingerprint density at radius 1 is 1.46 bits per heavy atom. The number of benzene rings is 1. The zero-order chi connectivity index (χ0) is 9.10. The summed E-state index contributed by atoms with van der Waals surface area (Å²) in [5.74, 6) is 0. The van der Waals surface area contributed by atoms with Crippen LogP contribution >= 0.6 is 11.5 Å². The second-order valence-electron chi connectivity index (χ2n) is 2.51. The highest BCUT2D eigenvalue weighted by Gasteiger charge is 2.02. The number of azide groups is 1. The van der Waals surface area contributed by atoms with E-state index < -0.39 is 0 Å². The van der Waals surface area contributed by atoms with Gasteiger partial charge in [0, 0.05) is 10.3 Å². The summed E-state index contributed by atoms with van der Waals surface area (Å²) in [7, 11) is 0. The van der Waals surface area contributed by atoms with Gasteiger partial charge in [-0.15, -0.1) is 0 Å². The van der Waals surface area contributed by atoms with Crippen LogP contribution in [0.15, 0.2) is 29.4 Å². The van der Waals surface area contributed by atoms with Crippen molar-refractivity contribution >= 4 is 21.6 Å². The fraction of sp³-hybridized carbons (Fsp3) is 0.125. The molecule has 0 N–H and O–H groups in total. The van der Waals surface area contributed by atoms with Crippen LogP contribution in [0, 0.1) is 0 Å². The molecule has 0 aliphatic heterocycles. The Morgan fingerprint density at radius 2 is 2.31 bits per heavy atom. The fourth-order valence-electron chi connectivity index (χ4n) is 1.15. The maximum absolute atomic E-state index is 8.17. The Bertz CT molecular complexity index is 470. The van der Waals surface area contributed by atoms with Crippen molar-refractivity contribution in [2.24, 2.45) is 5.11 Å². The predicted octanol–water partition coefficient (Wildman–Crippen LogP) is 3.11. The minimum absolute atomic E-state index is 0.334. The van der Waals surface area contributed by atoms with Crippen molar-refractivity contribution in [3.05, 3.63) is 40.4 Å². The average molecular weight is 190 g/mol.